The lowest BCUT2D eigenvalue weighted by Crippen LogP contribution is -2.51. The Kier molecular flexibility index (Phi) is 6.15. The number of aromatic nitrogens is 1. The van der Waals surface area contributed by atoms with Crippen LogP contribution in [0.4, 0.5) is 11.5 Å². The molecule has 0 saturated heterocycles. The lowest BCUT2D eigenvalue weighted by molar-refractivity contribution is -0.136. The molecule has 0 fully saturated rings. The van der Waals surface area contributed by atoms with Crippen LogP contribution in [0.3, 0.4) is 0 Å². The minimum atomic E-state index is -1.87. The molecule has 10 heteroatoms. The fourth-order valence-corrected chi connectivity index (χ4v) is 2.83. The van der Waals surface area contributed by atoms with Gasteiger partial charge < -0.3 is 30.0 Å². The smallest absolute Gasteiger partial charge is 0.464 e. The number of nitrogens with zero attached hydrogens (tertiary/aromatic N) is 2. The number of furan rings is 1. The fourth-order valence-electron chi connectivity index (χ4n) is 2.83. The fraction of sp³-hybridized carbons (Fsp3) is 0.211. The number of amides is 2. The summed E-state index contributed by atoms with van der Waals surface area (Å²) >= 11 is 0. The second-order valence-electron chi connectivity index (χ2n) is 6.70. The quantitative estimate of drug-likeness (QED) is 0.354. The van der Waals surface area contributed by atoms with Gasteiger partial charge in [0.15, 0.2) is 0 Å². The first-order valence-corrected chi connectivity index (χ1v) is 8.91. The van der Waals surface area contributed by atoms with Gasteiger partial charge in [-0.2, -0.15) is 0 Å². The third-order valence-corrected chi connectivity index (χ3v) is 4.39. The van der Waals surface area contributed by atoms with Gasteiger partial charge in [-0.05, 0) is 24.1 Å². The molecular formula is C19H21BN4O5. The van der Waals surface area contributed by atoms with Gasteiger partial charge in [0.2, 0.25) is 0 Å². The molecule has 0 aliphatic heterocycles. The van der Waals surface area contributed by atoms with E-state index in [9.17, 15) is 19.6 Å². The number of pyridine rings is 1. The Hall–Kier alpha value is -3.37. The molecule has 3 aromatic rings. The highest BCUT2D eigenvalue weighted by Crippen LogP contribution is 2.22. The number of rotatable bonds is 6. The van der Waals surface area contributed by atoms with Crippen molar-refractivity contribution in [3.05, 3.63) is 54.4 Å². The summed E-state index contributed by atoms with van der Waals surface area (Å²) in [4.78, 5) is 30.3. The van der Waals surface area contributed by atoms with E-state index in [-0.39, 0.29) is 12.2 Å². The van der Waals surface area contributed by atoms with Crippen molar-refractivity contribution < 1.29 is 24.1 Å². The van der Waals surface area contributed by atoms with Crippen LogP contribution in [-0.2, 0) is 16.0 Å². The Morgan fingerprint density at radius 3 is 2.69 bits per heavy atom. The van der Waals surface area contributed by atoms with Crippen molar-refractivity contribution in [1.29, 1.82) is 0 Å². The van der Waals surface area contributed by atoms with Gasteiger partial charge in [0.1, 0.15) is 11.4 Å². The van der Waals surface area contributed by atoms with Crippen molar-refractivity contribution in [2.75, 3.05) is 24.3 Å². The van der Waals surface area contributed by atoms with Gasteiger partial charge in [-0.25, -0.2) is 4.98 Å². The molecule has 1 aromatic carbocycles. The Bertz CT molecular complexity index is 1020. The van der Waals surface area contributed by atoms with Crippen LogP contribution in [0, 0.1) is 0 Å². The number of hydrogen-bond donors (Lipinski definition) is 4. The molecule has 1 unspecified atom stereocenters. The minimum absolute atomic E-state index is 0.0715. The molecule has 9 nitrogen and oxygen atoms in total. The zero-order valence-corrected chi connectivity index (χ0v) is 16.0. The lowest BCUT2D eigenvalue weighted by Gasteiger charge is -2.17. The Morgan fingerprint density at radius 2 is 1.97 bits per heavy atom. The van der Waals surface area contributed by atoms with E-state index in [1.807, 2.05) is 37.2 Å². The van der Waals surface area contributed by atoms with E-state index in [1.165, 1.54) is 12.5 Å². The van der Waals surface area contributed by atoms with Gasteiger partial charge in [0.05, 0.1) is 12.2 Å². The number of carbonyl (C=O) groups excluding carboxylic acids is 2. The molecule has 0 radical (unpaired) electrons. The predicted molar refractivity (Wildman–Crippen MR) is 109 cm³/mol. The van der Waals surface area contributed by atoms with Gasteiger partial charge in [-0.15, -0.1) is 0 Å². The Morgan fingerprint density at radius 1 is 1.21 bits per heavy atom. The van der Waals surface area contributed by atoms with E-state index in [2.05, 4.69) is 15.6 Å². The highest BCUT2D eigenvalue weighted by Gasteiger charge is 2.29. The van der Waals surface area contributed by atoms with E-state index < -0.39 is 24.9 Å². The molecule has 2 heterocycles. The number of nitrogens with one attached hydrogen (secondary N) is 2. The summed E-state index contributed by atoms with van der Waals surface area (Å²) in [7, 11) is 1.80. The molecule has 1 atom stereocenters. The average molecular weight is 396 g/mol. The monoisotopic (exact) mass is 396 g/mol. The zero-order valence-electron chi connectivity index (χ0n) is 16.0. The first kappa shape index (κ1) is 20.4. The summed E-state index contributed by atoms with van der Waals surface area (Å²) in [6, 6.07) is 10.6. The second kappa shape index (κ2) is 8.76. The van der Waals surface area contributed by atoms with Crippen LogP contribution < -0.4 is 15.5 Å². The van der Waals surface area contributed by atoms with Crippen molar-refractivity contribution in [2.24, 2.45) is 0 Å². The standard InChI is InChI=1S/C19H21BN4O5/c1-24(2)13-7-8-21-17(10-13)23-19(26)18(25)22-16(20(27)28)9-12-11-29-15-6-4-3-5-14(12)15/h3-8,10-11,16,27-28H,9H2,1-2H3,(H,22,25)(H,21,23,26). The molecule has 4 N–H and O–H groups in total. The second-order valence-corrected chi connectivity index (χ2v) is 6.70. The maximum atomic E-state index is 12.3. The molecule has 29 heavy (non-hydrogen) atoms. The number of anilines is 2. The molecule has 0 bridgehead atoms. The molecule has 2 amide bonds. The zero-order chi connectivity index (χ0) is 21.0. The number of carbonyl (C=O) groups is 2. The normalized spacial score (nSPS) is 11.7. The molecule has 2 aromatic heterocycles. The van der Waals surface area contributed by atoms with Crippen LogP contribution in [0.5, 0.6) is 0 Å². The SMILES string of the molecule is CN(C)c1ccnc(NC(=O)C(=O)NC(Cc2coc3ccccc23)B(O)O)c1. The molecule has 150 valence electrons. The van der Waals surface area contributed by atoms with Gasteiger partial charge in [0, 0.05) is 37.4 Å². The maximum absolute atomic E-state index is 12.3. The first-order chi connectivity index (χ1) is 13.8. The van der Waals surface area contributed by atoms with Crippen molar-refractivity contribution >= 4 is 41.4 Å². The summed E-state index contributed by atoms with van der Waals surface area (Å²) in [6.45, 7) is 0. The third kappa shape index (κ3) is 4.92. The number of fused-ring (bicyclic) bond motifs is 1. The first-order valence-electron chi connectivity index (χ1n) is 8.91. The molecule has 3 rings (SSSR count). The summed E-state index contributed by atoms with van der Waals surface area (Å²) in [5, 5.41) is 24.9. The highest BCUT2D eigenvalue weighted by molar-refractivity contribution is 6.46. The van der Waals surface area contributed by atoms with Crippen LogP contribution in [0.1, 0.15) is 5.56 Å². The number of benzene rings is 1. The predicted octanol–water partition coefficient (Wildman–Crippen LogP) is 0.572. The molecular weight excluding hydrogens is 375 g/mol. The molecule has 0 aliphatic rings. The highest BCUT2D eigenvalue weighted by atomic mass is 16.4. The molecule has 0 spiro atoms. The Labute approximate surface area is 167 Å². The average Bonchev–Trinajstić information content (AvgIpc) is 3.10. The summed E-state index contributed by atoms with van der Waals surface area (Å²) in [5.74, 6) is -2.86. The van der Waals surface area contributed by atoms with Gasteiger partial charge in [-0.3, -0.25) is 9.59 Å². The van der Waals surface area contributed by atoms with E-state index in [0.717, 1.165) is 11.1 Å². The van der Waals surface area contributed by atoms with Crippen LogP contribution in [0.25, 0.3) is 11.0 Å². The van der Waals surface area contributed by atoms with Crippen molar-refractivity contribution in [3.63, 3.8) is 0 Å². The van der Waals surface area contributed by atoms with Crippen molar-refractivity contribution in [2.45, 2.75) is 12.4 Å². The number of hydrogen-bond acceptors (Lipinski definition) is 7. The lowest BCUT2D eigenvalue weighted by atomic mass is 9.76. The van der Waals surface area contributed by atoms with E-state index >= 15 is 0 Å². The third-order valence-electron chi connectivity index (χ3n) is 4.39. The topological polar surface area (TPSA) is 128 Å². The summed E-state index contributed by atoms with van der Waals surface area (Å²) in [6.07, 6.45) is 3.07. The largest absolute Gasteiger partial charge is 0.475 e. The van der Waals surface area contributed by atoms with Gasteiger partial charge in [-0.1, -0.05) is 18.2 Å². The summed E-state index contributed by atoms with van der Waals surface area (Å²) < 4.78 is 5.42. The summed E-state index contributed by atoms with van der Waals surface area (Å²) in [5.41, 5.74) is 2.12. The maximum Gasteiger partial charge on any atom is 0.475 e. The van der Waals surface area contributed by atoms with Crippen LogP contribution >= 0.6 is 0 Å². The van der Waals surface area contributed by atoms with Crippen LogP contribution in [0.2, 0.25) is 0 Å². The van der Waals surface area contributed by atoms with Gasteiger partial charge in [0.25, 0.3) is 0 Å². The van der Waals surface area contributed by atoms with E-state index in [0.29, 0.717) is 11.1 Å². The Balaban J connectivity index is 1.67. The van der Waals surface area contributed by atoms with Crippen molar-refractivity contribution in [3.8, 4) is 0 Å². The van der Waals surface area contributed by atoms with E-state index in [1.54, 1.807) is 18.2 Å². The van der Waals surface area contributed by atoms with Crippen molar-refractivity contribution in [1.82, 2.24) is 10.3 Å². The van der Waals surface area contributed by atoms with Gasteiger partial charge >= 0.3 is 18.9 Å². The van der Waals surface area contributed by atoms with E-state index in [4.69, 9.17) is 4.42 Å². The van der Waals surface area contributed by atoms with Crippen LogP contribution in [0.15, 0.2) is 53.3 Å². The number of para-hydroxylation sites is 1. The molecule has 0 aliphatic carbocycles. The minimum Gasteiger partial charge on any atom is -0.464 e. The van der Waals surface area contributed by atoms with Crippen LogP contribution in [-0.4, -0.2) is 54.0 Å². The molecule has 0 saturated carbocycles.